The zero-order chi connectivity index (χ0) is 25.2. The van der Waals surface area contributed by atoms with Crippen LogP contribution in [0.1, 0.15) is 16.7 Å². The zero-order valence-corrected chi connectivity index (χ0v) is 19.5. The van der Waals surface area contributed by atoms with Crippen LogP contribution < -0.4 is 10.6 Å². The van der Waals surface area contributed by atoms with E-state index in [1.807, 2.05) is 60.0 Å². The first kappa shape index (κ1) is 23.0. The van der Waals surface area contributed by atoms with Crippen molar-refractivity contribution < 1.29 is 18.8 Å². The molecule has 1 aliphatic heterocycles. The molecule has 0 unspecified atom stereocenters. The van der Waals surface area contributed by atoms with Crippen LogP contribution in [0.3, 0.4) is 0 Å². The second kappa shape index (κ2) is 9.50. The van der Waals surface area contributed by atoms with Crippen LogP contribution in [0.15, 0.2) is 84.7 Å². The van der Waals surface area contributed by atoms with Crippen LogP contribution in [0.5, 0.6) is 0 Å². The molecule has 36 heavy (non-hydrogen) atoms. The third-order valence-electron chi connectivity index (χ3n) is 5.95. The molecule has 2 heterocycles. The molecule has 0 saturated carbocycles. The van der Waals surface area contributed by atoms with Crippen molar-refractivity contribution in [1.82, 2.24) is 14.8 Å². The summed E-state index contributed by atoms with van der Waals surface area (Å²) in [6, 6.07) is 20.2. The van der Waals surface area contributed by atoms with Gasteiger partial charge in [0.15, 0.2) is 0 Å². The number of hydrogen-bond donors (Lipinski definition) is 2. The number of urea groups is 1. The zero-order valence-electron chi connectivity index (χ0n) is 19.5. The van der Waals surface area contributed by atoms with Gasteiger partial charge >= 0.3 is 6.03 Å². The lowest BCUT2D eigenvalue weighted by molar-refractivity contribution is -0.123. The van der Waals surface area contributed by atoms with E-state index in [0.29, 0.717) is 11.1 Å². The first-order valence-corrected chi connectivity index (χ1v) is 11.4. The molecule has 180 valence electrons. The van der Waals surface area contributed by atoms with Crippen molar-refractivity contribution in [2.24, 2.45) is 0 Å². The summed E-state index contributed by atoms with van der Waals surface area (Å²) in [4.78, 5) is 39.3. The molecule has 0 atom stereocenters. The number of nitrogens with zero attached hydrogens (tertiary/aromatic N) is 2. The van der Waals surface area contributed by atoms with Gasteiger partial charge in [0.2, 0.25) is 5.91 Å². The average molecular weight is 483 g/mol. The van der Waals surface area contributed by atoms with Gasteiger partial charge in [0.25, 0.3) is 5.91 Å². The number of carbonyl (C=O) groups excluding carboxylic acids is 3. The number of aromatic nitrogens is 1. The number of fused-ring (bicyclic) bond motifs is 1. The van der Waals surface area contributed by atoms with Crippen LogP contribution in [0.4, 0.5) is 14.9 Å². The van der Waals surface area contributed by atoms with Gasteiger partial charge in [-0.15, -0.1) is 0 Å². The molecule has 0 radical (unpaired) electrons. The monoisotopic (exact) mass is 482 g/mol. The van der Waals surface area contributed by atoms with E-state index in [9.17, 15) is 18.8 Å². The lowest BCUT2D eigenvalue weighted by Crippen LogP contribution is -2.30. The van der Waals surface area contributed by atoms with Crippen LogP contribution in [-0.4, -0.2) is 27.3 Å². The average Bonchev–Trinajstić information content (AvgIpc) is 3.32. The number of benzene rings is 3. The van der Waals surface area contributed by atoms with Crippen molar-refractivity contribution in [1.29, 1.82) is 0 Å². The maximum atomic E-state index is 13.2. The molecule has 3 aromatic carbocycles. The van der Waals surface area contributed by atoms with Gasteiger partial charge in [-0.1, -0.05) is 42.5 Å². The predicted molar refractivity (Wildman–Crippen MR) is 135 cm³/mol. The van der Waals surface area contributed by atoms with Crippen molar-refractivity contribution in [3.63, 3.8) is 0 Å². The summed E-state index contributed by atoms with van der Waals surface area (Å²) in [7, 11) is 0. The number of carbonyl (C=O) groups is 3. The first-order chi connectivity index (χ1) is 17.4. The molecule has 1 aliphatic rings. The Kier molecular flexibility index (Phi) is 6.08. The van der Waals surface area contributed by atoms with Crippen LogP contribution in [-0.2, 0) is 22.7 Å². The summed E-state index contributed by atoms with van der Waals surface area (Å²) in [5.41, 5.74) is 4.06. The van der Waals surface area contributed by atoms with Gasteiger partial charge in [0.1, 0.15) is 18.1 Å². The molecule has 5 rings (SSSR count). The molecule has 0 aliphatic carbocycles. The van der Waals surface area contributed by atoms with Crippen molar-refractivity contribution in [2.75, 3.05) is 5.32 Å². The molecular formula is C28H23FN4O3. The maximum Gasteiger partial charge on any atom is 0.329 e. The van der Waals surface area contributed by atoms with E-state index in [1.165, 1.54) is 24.3 Å². The van der Waals surface area contributed by atoms with E-state index in [1.54, 1.807) is 12.3 Å². The summed E-state index contributed by atoms with van der Waals surface area (Å²) in [6.45, 7) is 2.07. The summed E-state index contributed by atoms with van der Waals surface area (Å²) in [5, 5.41) is 6.37. The molecule has 1 saturated heterocycles. The Bertz CT molecular complexity index is 1520. The predicted octanol–water partition coefficient (Wildman–Crippen LogP) is 4.82. The number of halogens is 1. The second-order valence-corrected chi connectivity index (χ2v) is 8.65. The molecule has 2 N–H and O–H groups in total. The van der Waals surface area contributed by atoms with Gasteiger partial charge in [0, 0.05) is 28.4 Å². The van der Waals surface area contributed by atoms with Gasteiger partial charge < -0.3 is 15.2 Å². The van der Waals surface area contributed by atoms with Crippen molar-refractivity contribution in [2.45, 2.75) is 20.0 Å². The Morgan fingerprint density at radius 3 is 2.58 bits per heavy atom. The molecule has 0 spiro atoms. The standard InChI is InChI=1S/C28H23FN4O3/c1-18-5-4-6-22(13-18)30-26(34)17-32-16-20(23-7-2-3-8-25(23)32)14-24-27(35)33(28(36)31-24)15-19-9-11-21(29)12-10-19/h2-14,16H,15,17H2,1H3,(H,30,34)(H,31,36). The quantitative estimate of drug-likeness (QED) is 0.305. The number of nitrogens with one attached hydrogen (secondary N) is 2. The second-order valence-electron chi connectivity index (χ2n) is 8.65. The highest BCUT2D eigenvalue weighted by Crippen LogP contribution is 2.25. The number of para-hydroxylation sites is 1. The van der Waals surface area contributed by atoms with Crippen molar-refractivity contribution >= 4 is 40.5 Å². The third-order valence-corrected chi connectivity index (χ3v) is 5.95. The Morgan fingerprint density at radius 2 is 1.81 bits per heavy atom. The SMILES string of the molecule is Cc1cccc(NC(=O)Cn2cc(C=C3NC(=O)N(Cc4ccc(F)cc4)C3=O)c3ccccc32)c1. The Hall–Kier alpha value is -4.72. The smallest absolute Gasteiger partial charge is 0.329 e. The number of rotatable bonds is 6. The van der Waals surface area contributed by atoms with Gasteiger partial charge in [-0.3, -0.25) is 14.5 Å². The van der Waals surface area contributed by atoms with E-state index < -0.39 is 11.9 Å². The highest BCUT2D eigenvalue weighted by molar-refractivity contribution is 6.14. The molecule has 0 bridgehead atoms. The van der Waals surface area contributed by atoms with Gasteiger partial charge in [-0.05, 0) is 54.5 Å². The number of anilines is 1. The van der Waals surface area contributed by atoms with Crippen LogP contribution in [0.2, 0.25) is 0 Å². The fourth-order valence-electron chi connectivity index (χ4n) is 4.24. The summed E-state index contributed by atoms with van der Waals surface area (Å²) >= 11 is 0. The number of amides is 4. The normalized spacial score (nSPS) is 14.5. The lowest BCUT2D eigenvalue weighted by Gasteiger charge is -2.11. The number of hydrogen-bond acceptors (Lipinski definition) is 3. The van der Waals surface area contributed by atoms with E-state index in [2.05, 4.69) is 10.6 Å². The highest BCUT2D eigenvalue weighted by atomic mass is 19.1. The molecule has 7 nitrogen and oxygen atoms in total. The summed E-state index contributed by atoms with van der Waals surface area (Å²) in [6.07, 6.45) is 3.40. The van der Waals surface area contributed by atoms with E-state index in [0.717, 1.165) is 27.1 Å². The van der Waals surface area contributed by atoms with E-state index in [4.69, 9.17) is 0 Å². The molecule has 8 heteroatoms. The van der Waals surface area contributed by atoms with Crippen LogP contribution >= 0.6 is 0 Å². The Morgan fingerprint density at radius 1 is 1.03 bits per heavy atom. The number of imide groups is 1. The van der Waals surface area contributed by atoms with Gasteiger partial charge in [0.05, 0.1) is 6.54 Å². The summed E-state index contributed by atoms with van der Waals surface area (Å²) in [5.74, 6) is -1.05. The Balaban J connectivity index is 1.39. The van der Waals surface area contributed by atoms with Crippen LogP contribution in [0.25, 0.3) is 17.0 Å². The van der Waals surface area contributed by atoms with Crippen LogP contribution in [0, 0.1) is 12.7 Å². The molecule has 1 fully saturated rings. The summed E-state index contributed by atoms with van der Waals surface area (Å²) < 4.78 is 15.0. The molecule has 4 aromatic rings. The van der Waals surface area contributed by atoms with Crippen molar-refractivity contribution in [3.05, 3.63) is 107 Å². The minimum Gasteiger partial charge on any atom is -0.337 e. The molecule has 4 amide bonds. The number of aryl methyl sites for hydroxylation is 1. The molecule has 1 aromatic heterocycles. The van der Waals surface area contributed by atoms with Gasteiger partial charge in [-0.25, -0.2) is 9.18 Å². The minimum absolute atomic E-state index is 0.0309. The molecular weight excluding hydrogens is 459 g/mol. The fraction of sp³-hybridized carbons (Fsp3) is 0.107. The van der Waals surface area contributed by atoms with E-state index in [-0.39, 0.29) is 30.5 Å². The third kappa shape index (κ3) is 4.74. The fourth-order valence-corrected chi connectivity index (χ4v) is 4.24. The minimum atomic E-state index is -0.545. The maximum absolute atomic E-state index is 13.2. The Labute approximate surface area is 206 Å². The first-order valence-electron chi connectivity index (χ1n) is 11.4. The van der Waals surface area contributed by atoms with Crippen molar-refractivity contribution in [3.8, 4) is 0 Å². The lowest BCUT2D eigenvalue weighted by atomic mass is 10.1. The highest BCUT2D eigenvalue weighted by Gasteiger charge is 2.33. The van der Waals surface area contributed by atoms with Gasteiger partial charge in [-0.2, -0.15) is 0 Å². The topological polar surface area (TPSA) is 83.4 Å². The largest absolute Gasteiger partial charge is 0.337 e. The van der Waals surface area contributed by atoms with E-state index >= 15 is 0 Å².